The number of benzene rings is 1. The molecular weight excluding hydrogens is 272 g/mol. The smallest absolute Gasteiger partial charge is 0.122 e. The fourth-order valence-corrected chi connectivity index (χ4v) is 3.06. The van der Waals surface area contributed by atoms with Crippen molar-refractivity contribution < 1.29 is 14.9 Å². The summed E-state index contributed by atoms with van der Waals surface area (Å²) in [4.78, 5) is 2.59. The van der Waals surface area contributed by atoms with Gasteiger partial charge in [0.25, 0.3) is 0 Å². The van der Waals surface area contributed by atoms with Crippen molar-refractivity contribution in [3.05, 3.63) is 51.2 Å². The van der Waals surface area contributed by atoms with Crippen LogP contribution >= 0.6 is 11.3 Å². The second kappa shape index (κ2) is 7.43. The summed E-state index contributed by atoms with van der Waals surface area (Å²) in [6.45, 7) is 2.56. The zero-order chi connectivity index (χ0) is 14.4. The van der Waals surface area contributed by atoms with Gasteiger partial charge in [-0.15, -0.1) is 11.3 Å². The number of aliphatic hydroxyl groups is 2. The van der Waals surface area contributed by atoms with Crippen LogP contribution in [0.4, 0.5) is 0 Å². The standard InChI is InChI=1S/C16H20O3S/c1-2-3-15-6-7-16(20-15)11-19-14-5-4-12(9-17)13(8-14)10-18/h4-8,17-18H,2-3,9-11H2,1H3. The molecule has 0 saturated heterocycles. The maximum atomic E-state index is 9.26. The van der Waals surface area contributed by atoms with Crippen LogP contribution in [0.5, 0.6) is 5.75 Å². The molecule has 1 heterocycles. The molecule has 0 radical (unpaired) electrons. The molecule has 2 rings (SSSR count). The molecule has 0 amide bonds. The van der Waals surface area contributed by atoms with Crippen molar-refractivity contribution in [2.75, 3.05) is 0 Å². The Bertz CT molecular complexity index is 548. The minimum Gasteiger partial charge on any atom is -0.488 e. The molecule has 0 unspecified atom stereocenters. The first-order valence-corrected chi connectivity index (χ1v) is 7.62. The summed E-state index contributed by atoms with van der Waals surface area (Å²) >= 11 is 1.78. The van der Waals surface area contributed by atoms with Crippen molar-refractivity contribution in [2.24, 2.45) is 0 Å². The van der Waals surface area contributed by atoms with Crippen LogP contribution in [-0.4, -0.2) is 10.2 Å². The molecule has 0 aliphatic heterocycles. The lowest BCUT2D eigenvalue weighted by Gasteiger charge is -2.09. The van der Waals surface area contributed by atoms with Gasteiger partial charge >= 0.3 is 0 Å². The Hall–Kier alpha value is -1.36. The van der Waals surface area contributed by atoms with Crippen LogP contribution < -0.4 is 4.74 Å². The first kappa shape index (κ1) is 15.0. The van der Waals surface area contributed by atoms with E-state index in [0.29, 0.717) is 12.2 Å². The first-order chi connectivity index (χ1) is 9.76. The maximum Gasteiger partial charge on any atom is 0.122 e. The summed E-state index contributed by atoms with van der Waals surface area (Å²) in [6.07, 6.45) is 2.27. The predicted molar refractivity (Wildman–Crippen MR) is 80.9 cm³/mol. The van der Waals surface area contributed by atoms with Crippen LogP contribution in [-0.2, 0) is 26.2 Å². The molecule has 20 heavy (non-hydrogen) atoms. The molecular formula is C16H20O3S. The highest BCUT2D eigenvalue weighted by Gasteiger charge is 2.05. The van der Waals surface area contributed by atoms with Gasteiger partial charge in [0.2, 0.25) is 0 Å². The molecule has 1 aromatic carbocycles. The lowest BCUT2D eigenvalue weighted by atomic mass is 10.1. The van der Waals surface area contributed by atoms with Gasteiger partial charge in [0, 0.05) is 9.75 Å². The monoisotopic (exact) mass is 292 g/mol. The zero-order valence-electron chi connectivity index (χ0n) is 11.6. The Morgan fingerprint density at radius 2 is 1.75 bits per heavy atom. The van der Waals surface area contributed by atoms with Crippen molar-refractivity contribution in [1.29, 1.82) is 0 Å². The average molecular weight is 292 g/mol. The molecule has 0 bridgehead atoms. The molecule has 0 saturated carbocycles. The van der Waals surface area contributed by atoms with Crippen LogP contribution in [0.25, 0.3) is 0 Å². The number of hydrogen-bond donors (Lipinski definition) is 2. The molecule has 1 aromatic heterocycles. The van der Waals surface area contributed by atoms with E-state index in [0.717, 1.165) is 24.2 Å². The van der Waals surface area contributed by atoms with Gasteiger partial charge in [-0.2, -0.15) is 0 Å². The Balaban J connectivity index is 1.99. The zero-order valence-corrected chi connectivity index (χ0v) is 12.4. The largest absolute Gasteiger partial charge is 0.488 e. The van der Waals surface area contributed by atoms with Crippen molar-refractivity contribution >= 4 is 11.3 Å². The molecule has 2 N–H and O–H groups in total. The Labute approximate surface area is 123 Å². The molecule has 0 aliphatic carbocycles. The lowest BCUT2D eigenvalue weighted by molar-refractivity contribution is 0.257. The predicted octanol–water partition coefficient (Wildman–Crippen LogP) is 3.26. The fourth-order valence-electron chi connectivity index (χ4n) is 2.03. The van der Waals surface area contributed by atoms with Gasteiger partial charge in [-0.1, -0.05) is 19.4 Å². The average Bonchev–Trinajstić information content (AvgIpc) is 2.93. The van der Waals surface area contributed by atoms with E-state index < -0.39 is 0 Å². The van der Waals surface area contributed by atoms with Crippen molar-refractivity contribution in [3.8, 4) is 5.75 Å². The number of ether oxygens (including phenoxy) is 1. The number of aryl methyl sites for hydroxylation is 1. The third-order valence-corrected chi connectivity index (χ3v) is 4.23. The van der Waals surface area contributed by atoms with Gasteiger partial charge in [0.1, 0.15) is 12.4 Å². The first-order valence-electron chi connectivity index (χ1n) is 6.80. The second-order valence-corrected chi connectivity index (χ2v) is 5.91. The molecule has 108 valence electrons. The van der Waals surface area contributed by atoms with Crippen LogP contribution in [0.15, 0.2) is 30.3 Å². The summed E-state index contributed by atoms with van der Waals surface area (Å²) in [6, 6.07) is 9.65. The van der Waals surface area contributed by atoms with E-state index in [1.54, 1.807) is 23.5 Å². The van der Waals surface area contributed by atoms with E-state index in [1.165, 1.54) is 9.75 Å². The van der Waals surface area contributed by atoms with Crippen LogP contribution in [0.1, 0.15) is 34.2 Å². The highest BCUT2D eigenvalue weighted by Crippen LogP contribution is 2.22. The minimum atomic E-state index is -0.0905. The van der Waals surface area contributed by atoms with Crippen LogP contribution in [0, 0.1) is 0 Å². The fraction of sp³-hybridized carbons (Fsp3) is 0.375. The topological polar surface area (TPSA) is 49.7 Å². The third kappa shape index (κ3) is 3.82. The summed E-state index contributed by atoms with van der Waals surface area (Å²) < 4.78 is 5.74. The molecule has 0 atom stereocenters. The second-order valence-electron chi connectivity index (χ2n) is 4.65. The van der Waals surface area contributed by atoms with Gasteiger partial charge in [-0.25, -0.2) is 0 Å². The van der Waals surface area contributed by atoms with E-state index in [4.69, 9.17) is 9.84 Å². The van der Waals surface area contributed by atoms with E-state index in [-0.39, 0.29) is 13.2 Å². The Morgan fingerprint density at radius 3 is 2.45 bits per heavy atom. The highest BCUT2D eigenvalue weighted by molar-refractivity contribution is 7.11. The molecule has 3 nitrogen and oxygen atoms in total. The van der Waals surface area contributed by atoms with Crippen molar-refractivity contribution in [1.82, 2.24) is 0 Å². The molecule has 4 heteroatoms. The number of aliphatic hydroxyl groups excluding tert-OH is 2. The lowest BCUT2D eigenvalue weighted by Crippen LogP contribution is -1.97. The summed E-state index contributed by atoms with van der Waals surface area (Å²) in [5, 5.41) is 18.4. The van der Waals surface area contributed by atoms with E-state index in [1.807, 2.05) is 6.07 Å². The number of rotatable bonds is 7. The molecule has 0 fully saturated rings. The normalized spacial score (nSPS) is 10.8. The van der Waals surface area contributed by atoms with Gasteiger partial charge in [0.05, 0.1) is 13.2 Å². The van der Waals surface area contributed by atoms with Gasteiger partial charge in [0.15, 0.2) is 0 Å². The molecule has 0 aliphatic rings. The van der Waals surface area contributed by atoms with Crippen molar-refractivity contribution in [3.63, 3.8) is 0 Å². The highest BCUT2D eigenvalue weighted by atomic mass is 32.1. The third-order valence-electron chi connectivity index (χ3n) is 3.11. The number of hydrogen-bond acceptors (Lipinski definition) is 4. The minimum absolute atomic E-state index is 0.0680. The van der Waals surface area contributed by atoms with E-state index >= 15 is 0 Å². The van der Waals surface area contributed by atoms with Crippen LogP contribution in [0.3, 0.4) is 0 Å². The van der Waals surface area contributed by atoms with Gasteiger partial charge in [-0.3, -0.25) is 0 Å². The quantitative estimate of drug-likeness (QED) is 0.823. The number of thiophene rings is 1. The Morgan fingerprint density at radius 1 is 1.00 bits per heavy atom. The van der Waals surface area contributed by atoms with Gasteiger partial charge in [-0.05, 0) is 41.8 Å². The molecule has 0 spiro atoms. The SMILES string of the molecule is CCCc1ccc(COc2ccc(CO)c(CO)c2)s1. The molecule has 2 aromatic rings. The van der Waals surface area contributed by atoms with Gasteiger partial charge < -0.3 is 14.9 Å². The van der Waals surface area contributed by atoms with Crippen molar-refractivity contribution in [2.45, 2.75) is 39.6 Å². The van der Waals surface area contributed by atoms with E-state index in [9.17, 15) is 5.11 Å². The summed E-state index contributed by atoms with van der Waals surface area (Å²) in [7, 11) is 0. The van der Waals surface area contributed by atoms with Crippen LogP contribution in [0.2, 0.25) is 0 Å². The summed E-state index contributed by atoms with van der Waals surface area (Å²) in [5.41, 5.74) is 1.45. The Kier molecular flexibility index (Phi) is 5.59. The summed E-state index contributed by atoms with van der Waals surface area (Å²) in [5.74, 6) is 0.719. The van der Waals surface area contributed by atoms with E-state index in [2.05, 4.69) is 19.1 Å². The maximum absolute atomic E-state index is 9.26.